The van der Waals surface area contributed by atoms with Gasteiger partial charge in [0.15, 0.2) is 0 Å². The van der Waals surface area contributed by atoms with E-state index in [1.807, 2.05) is 0 Å². The van der Waals surface area contributed by atoms with Crippen molar-refractivity contribution in [1.82, 2.24) is 20.1 Å². The molecule has 0 aliphatic carbocycles. The number of thiazole rings is 1. The van der Waals surface area contributed by atoms with Crippen LogP contribution in [0.15, 0.2) is 5.38 Å². The van der Waals surface area contributed by atoms with E-state index < -0.39 is 0 Å². The Bertz CT molecular complexity index is 363. The standard InChI is InChI=1S/C15H30N4S/c1-13(2)9-16-10-15-17-14(12-20-15)11-19(5)8-6-7-18(3)4/h12-13,16H,6-11H2,1-5H3. The molecule has 0 aliphatic heterocycles. The largest absolute Gasteiger partial charge is 0.310 e. The van der Waals surface area contributed by atoms with Gasteiger partial charge in [0, 0.05) is 18.5 Å². The second-order valence-electron chi connectivity index (χ2n) is 6.15. The van der Waals surface area contributed by atoms with Crippen molar-refractivity contribution in [1.29, 1.82) is 0 Å². The van der Waals surface area contributed by atoms with E-state index >= 15 is 0 Å². The number of hydrogen-bond acceptors (Lipinski definition) is 5. The molecule has 0 unspecified atom stereocenters. The fourth-order valence-corrected chi connectivity index (χ4v) is 2.74. The summed E-state index contributed by atoms with van der Waals surface area (Å²) in [6, 6.07) is 0. The van der Waals surface area contributed by atoms with E-state index in [9.17, 15) is 0 Å². The normalized spacial score (nSPS) is 12.0. The van der Waals surface area contributed by atoms with Gasteiger partial charge < -0.3 is 15.1 Å². The van der Waals surface area contributed by atoms with Crippen LogP contribution >= 0.6 is 11.3 Å². The van der Waals surface area contributed by atoms with Crippen LogP contribution in [0.2, 0.25) is 0 Å². The third-order valence-electron chi connectivity index (χ3n) is 3.01. The van der Waals surface area contributed by atoms with Crippen molar-refractivity contribution in [3.63, 3.8) is 0 Å². The molecule has 0 amide bonds. The van der Waals surface area contributed by atoms with Crippen LogP contribution in [0.25, 0.3) is 0 Å². The molecular weight excluding hydrogens is 268 g/mol. The summed E-state index contributed by atoms with van der Waals surface area (Å²) in [5.74, 6) is 0.692. The molecule has 0 atom stereocenters. The molecule has 0 fully saturated rings. The van der Waals surface area contributed by atoms with E-state index in [0.29, 0.717) is 5.92 Å². The van der Waals surface area contributed by atoms with E-state index in [0.717, 1.165) is 32.7 Å². The smallest absolute Gasteiger partial charge is 0.107 e. The van der Waals surface area contributed by atoms with Gasteiger partial charge in [-0.3, -0.25) is 0 Å². The van der Waals surface area contributed by atoms with Crippen LogP contribution in [0.3, 0.4) is 0 Å². The molecule has 4 nitrogen and oxygen atoms in total. The lowest BCUT2D eigenvalue weighted by molar-refractivity contribution is 0.292. The zero-order valence-electron chi connectivity index (χ0n) is 13.6. The quantitative estimate of drug-likeness (QED) is 0.718. The van der Waals surface area contributed by atoms with Gasteiger partial charge in [0.1, 0.15) is 5.01 Å². The molecule has 1 N–H and O–H groups in total. The average molecular weight is 298 g/mol. The van der Waals surface area contributed by atoms with Crippen LogP contribution in [-0.4, -0.2) is 55.6 Å². The van der Waals surface area contributed by atoms with Gasteiger partial charge in [-0.25, -0.2) is 4.98 Å². The molecule has 116 valence electrons. The second kappa shape index (κ2) is 9.45. The first-order valence-electron chi connectivity index (χ1n) is 7.44. The summed E-state index contributed by atoms with van der Waals surface area (Å²) >= 11 is 1.76. The first-order valence-corrected chi connectivity index (χ1v) is 8.32. The molecule has 0 aromatic carbocycles. The van der Waals surface area contributed by atoms with Crippen LogP contribution < -0.4 is 5.32 Å². The minimum absolute atomic E-state index is 0.692. The molecule has 20 heavy (non-hydrogen) atoms. The Morgan fingerprint density at radius 3 is 2.65 bits per heavy atom. The number of aromatic nitrogens is 1. The highest BCUT2D eigenvalue weighted by atomic mass is 32.1. The third-order valence-corrected chi connectivity index (χ3v) is 3.90. The molecular formula is C15H30N4S. The van der Waals surface area contributed by atoms with Gasteiger partial charge in [0.2, 0.25) is 0 Å². The van der Waals surface area contributed by atoms with Crippen LogP contribution in [0, 0.1) is 5.92 Å². The Morgan fingerprint density at radius 1 is 1.25 bits per heavy atom. The van der Waals surface area contributed by atoms with Gasteiger partial charge in [-0.2, -0.15) is 0 Å². The Kier molecular flexibility index (Phi) is 8.30. The molecule has 0 saturated heterocycles. The zero-order valence-corrected chi connectivity index (χ0v) is 14.5. The van der Waals surface area contributed by atoms with Crippen LogP contribution in [0.1, 0.15) is 31.0 Å². The Morgan fingerprint density at radius 2 is 2.00 bits per heavy atom. The van der Waals surface area contributed by atoms with Crippen molar-refractivity contribution in [2.45, 2.75) is 33.4 Å². The van der Waals surface area contributed by atoms with E-state index in [1.165, 1.54) is 17.1 Å². The summed E-state index contributed by atoms with van der Waals surface area (Å²) in [5.41, 5.74) is 1.20. The molecule has 1 heterocycles. The van der Waals surface area contributed by atoms with Crippen LogP contribution in [0.5, 0.6) is 0 Å². The highest BCUT2D eigenvalue weighted by Crippen LogP contribution is 2.11. The molecule has 1 aromatic rings. The van der Waals surface area contributed by atoms with E-state index in [4.69, 9.17) is 4.98 Å². The monoisotopic (exact) mass is 298 g/mol. The lowest BCUT2D eigenvalue weighted by Gasteiger charge is -2.16. The van der Waals surface area contributed by atoms with Crippen molar-refractivity contribution in [3.8, 4) is 0 Å². The molecule has 0 bridgehead atoms. The SMILES string of the molecule is CC(C)CNCc1nc(CN(C)CCCN(C)C)cs1. The predicted molar refractivity (Wildman–Crippen MR) is 88.2 cm³/mol. The number of hydrogen-bond donors (Lipinski definition) is 1. The van der Waals surface area contributed by atoms with Gasteiger partial charge in [-0.1, -0.05) is 13.8 Å². The minimum atomic E-state index is 0.692. The fraction of sp³-hybridized carbons (Fsp3) is 0.800. The maximum absolute atomic E-state index is 4.69. The van der Waals surface area contributed by atoms with Gasteiger partial charge in [-0.15, -0.1) is 11.3 Å². The molecule has 0 saturated carbocycles. The van der Waals surface area contributed by atoms with E-state index in [-0.39, 0.29) is 0 Å². The first-order chi connectivity index (χ1) is 9.47. The topological polar surface area (TPSA) is 31.4 Å². The summed E-state index contributed by atoms with van der Waals surface area (Å²) in [5, 5.41) is 6.83. The Balaban J connectivity index is 2.25. The summed E-state index contributed by atoms with van der Waals surface area (Å²) in [6.45, 7) is 9.62. The van der Waals surface area contributed by atoms with E-state index in [2.05, 4.69) is 55.5 Å². The molecule has 0 radical (unpaired) electrons. The highest BCUT2D eigenvalue weighted by Gasteiger charge is 2.06. The molecule has 5 heteroatoms. The van der Waals surface area contributed by atoms with Crippen LogP contribution in [0.4, 0.5) is 0 Å². The van der Waals surface area contributed by atoms with Crippen molar-refractivity contribution >= 4 is 11.3 Å². The van der Waals surface area contributed by atoms with Crippen molar-refractivity contribution < 1.29 is 0 Å². The molecule has 1 rings (SSSR count). The Hall–Kier alpha value is -0.490. The van der Waals surface area contributed by atoms with Crippen molar-refractivity contribution in [2.24, 2.45) is 5.92 Å². The summed E-state index contributed by atoms with van der Waals surface area (Å²) < 4.78 is 0. The maximum atomic E-state index is 4.69. The predicted octanol–water partition coefficient (Wildman–Crippen LogP) is 2.27. The lowest BCUT2D eigenvalue weighted by atomic mass is 10.2. The molecule has 1 aromatic heterocycles. The van der Waals surface area contributed by atoms with E-state index in [1.54, 1.807) is 11.3 Å². The third kappa shape index (κ3) is 7.94. The van der Waals surface area contributed by atoms with Gasteiger partial charge in [0.05, 0.1) is 5.69 Å². The minimum Gasteiger partial charge on any atom is -0.310 e. The fourth-order valence-electron chi connectivity index (χ4n) is 1.98. The summed E-state index contributed by atoms with van der Waals surface area (Å²) in [4.78, 5) is 9.28. The van der Waals surface area contributed by atoms with Gasteiger partial charge in [-0.05, 0) is 53.1 Å². The number of rotatable bonds is 10. The number of nitrogens with zero attached hydrogens (tertiary/aromatic N) is 3. The maximum Gasteiger partial charge on any atom is 0.107 e. The average Bonchev–Trinajstić information content (AvgIpc) is 2.75. The van der Waals surface area contributed by atoms with Gasteiger partial charge in [0.25, 0.3) is 0 Å². The summed E-state index contributed by atoms with van der Waals surface area (Å²) in [7, 11) is 6.42. The molecule has 0 aliphatic rings. The van der Waals surface area contributed by atoms with Crippen molar-refractivity contribution in [3.05, 3.63) is 16.1 Å². The highest BCUT2D eigenvalue weighted by molar-refractivity contribution is 7.09. The van der Waals surface area contributed by atoms with Crippen LogP contribution in [-0.2, 0) is 13.1 Å². The second-order valence-corrected chi connectivity index (χ2v) is 7.09. The Labute approximate surface area is 128 Å². The zero-order chi connectivity index (χ0) is 15.0. The summed E-state index contributed by atoms with van der Waals surface area (Å²) in [6.07, 6.45) is 1.20. The first kappa shape index (κ1) is 17.6. The van der Waals surface area contributed by atoms with Crippen molar-refractivity contribution in [2.75, 3.05) is 40.8 Å². The lowest BCUT2D eigenvalue weighted by Crippen LogP contribution is -2.23. The number of nitrogens with one attached hydrogen (secondary N) is 1. The van der Waals surface area contributed by atoms with Gasteiger partial charge >= 0.3 is 0 Å². The molecule has 0 spiro atoms.